The standard InChI is InChI=1S/C15H23N5O8/c16-7(4-12(23)24)13(25)18-6-11(22)20-3-1-2-9(20)14(26)19-8(15(27)28)5-10(17)21/h7-9H,1-6,16H2,(H2,17,21)(H,18,25)(H,19,26)(H,23,24)(H,27,28). The molecule has 0 aromatic rings. The van der Waals surface area contributed by atoms with Gasteiger partial charge in [0.15, 0.2) is 0 Å². The van der Waals surface area contributed by atoms with Crippen LogP contribution in [0.2, 0.25) is 0 Å². The second-order valence-electron chi connectivity index (χ2n) is 6.24. The van der Waals surface area contributed by atoms with Gasteiger partial charge in [-0.3, -0.25) is 24.0 Å². The predicted molar refractivity (Wildman–Crippen MR) is 91.4 cm³/mol. The lowest BCUT2D eigenvalue weighted by atomic mass is 10.1. The van der Waals surface area contributed by atoms with Crippen molar-refractivity contribution in [1.82, 2.24) is 15.5 Å². The first-order valence-corrected chi connectivity index (χ1v) is 8.39. The Hall–Kier alpha value is -3.22. The molecular formula is C15H23N5O8. The Morgan fingerprint density at radius 1 is 1.11 bits per heavy atom. The molecule has 1 aliphatic rings. The number of likely N-dealkylation sites (tertiary alicyclic amines) is 1. The number of hydrogen-bond acceptors (Lipinski definition) is 7. The molecule has 1 rings (SSSR count). The van der Waals surface area contributed by atoms with E-state index in [9.17, 15) is 28.8 Å². The Morgan fingerprint density at radius 2 is 1.75 bits per heavy atom. The van der Waals surface area contributed by atoms with Crippen molar-refractivity contribution in [3.05, 3.63) is 0 Å². The molecule has 0 spiro atoms. The van der Waals surface area contributed by atoms with E-state index in [2.05, 4.69) is 10.6 Å². The monoisotopic (exact) mass is 401 g/mol. The van der Waals surface area contributed by atoms with Gasteiger partial charge < -0.3 is 37.2 Å². The lowest BCUT2D eigenvalue weighted by Crippen LogP contribution is -2.53. The van der Waals surface area contributed by atoms with Gasteiger partial charge in [0.1, 0.15) is 12.1 Å². The lowest BCUT2D eigenvalue weighted by Gasteiger charge is -2.25. The number of carboxylic acid groups (broad SMARTS) is 2. The summed E-state index contributed by atoms with van der Waals surface area (Å²) in [5.74, 6) is -5.82. The van der Waals surface area contributed by atoms with Gasteiger partial charge in [-0.1, -0.05) is 0 Å². The van der Waals surface area contributed by atoms with Crippen molar-refractivity contribution in [2.45, 2.75) is 43.8 Å². The summed E-state index contributed by atoms with van der Waals surface area (Å²) in [6, 6.07) is -3.81. The fraction of sp³-hybridized carbons (Fsp3) is 0.600. The van der Waals surface area contributed by atoms with E-state index in [0.29, 0.717) is 6.42 Å². The summed E-state index contributed by atoms with van der Waals surface area (Å²) in [5, 5.41) is 22.0. The van der Waals surface area contributed by atoms with Crippen LogP contribution in [-0.2, 0) is 28.8 Å². The van der Waals surface area contributed by atoms with Crippen molar-refractivity contribution in [2.75, 3.05) is 13.1 Å². The zero-order chi connectivity index (χ0) is 21.4. The molecule has 0 saturated carbocycles. The quantitative estimate of drug-likeness (QED) is 0.212. The number of carbonyl (C=O) groups is 6. The minimum Gasteiger partial charge on any atom is -0.481 e. The van der Waals surface area contributed by atoms with Crippen LogP contribution in [0.4, 0.5) is 0 Å². The van der Waals surface area contributed by atoms with E-state index in [-0.39, 0.29) is 13.0 Å². The molecule has 1 fully saturated rings. The zero-order valence-electron chi connectivity index (χ0n) is 14.9. The molecule has 0 aliphatic carbocycles. The second-order valence-corrected chi connectivity index (χ2v) is 6.24. The van der Waals surface area contributed by atoms with E-state index >= 15 is 0 Å². The fourth-order valence-electron chi connectivity index (χ4n) is 2.68. The van der Waals surface area contributed by atoms with Crippen LogP contribution in [0.1, 0.15) is 25.7 Å². The molecule has 0 aromatic heterocycles. The van der Waals surface area contributed by atoms with Gasteiger partial charge in [-0.25, -0.2) is 4.79 Å². The summed E-state index contributed by atoms with van der Waals surface area (Å²) in [7, 11) is 0. The van der Waals surface area contributed by atoms with Crippen LogP contribution >= 0.6 is 0 Å². The highest BCUT2D eigenvalue weighted by atomic mass is 16.4. The summed E-state index contributed by atoms with van der Waals surface area (Å²) >= 11 is 0. The first kappa shape index (κ1) is 22.8. The average Bonchev–Trinajstić information content (AvgIpc) is 3.07. The summed E-state index contributed by atoms with van der Waals surface area (Å²) in [6.45, 7) is -0.291. The number of hydrogen-bond donors (Lipinski definition) is 6. The molecule has 156 valence electrons. The lowest BCUT2D eigenvalue weighted by molar-refractivity contribution is -0.145. The average molecular weight is 401 g/mol. The van der Waals surface area contributed by atoms with Gasteiger partial charge in [-0.05, 0) is 12.8 Å². The minimum atomic E-state index is -1.52. The van der Waals surface area contributed by atoms with Gasteiger partial charge in [0.05, 0.1) is 25.4 Å². The van der Waals surface area contributed by atoms with Crippen molar-refractivity contribution in [2.24, 2.45) is 11.5 Å². The molecule has 8 N–H and O–H groups in total. The maximum Gasteiger partial charge on any atom is 0.326 e. The predicted octanol–water partition coefficient (Wildman–Crippen LogP) is -3.66. The minimum absolute atomic E-state index is 0.210. The Morgan fingerprint density at radius 3 is 2.29 bits per heavy atom. The Bertz CT molecular complexity index is 667. The summed E-state index contributed by atoms with van der Waals surface area (Å²) in [4.78, 5) is 70.0. The van der Waals surface area contributed by atoms with Crippen molar-refractivity contribution < 1.29 is 39.0 Å². The zero-order valence-corrected chi connectivity index (χ0v) is 14.9. The number of nitrogens with two attached hydrogens (primary N) is 2. The normalized spacial score (nSPS) is 18.0. The van der Waals surface area contributed by atoms with Gasteiger partial charge >= 0.3 is 11.9 Å². The summed E-state index contributed by atoms with van der Waals surface area (Å²) < 4.78 is 0. The third-order valence-electron chi connectivity index (χ3n) is 4.04. The third-order valence-corrected chi connectivity index (χ3v) is 4.04. The van der Waals surface area contributed by atoms with E-state index in [4.69, 9.17) is 21.7 Å². The van der Waals surface area contributed by atoms with Crippen molar-refractivity contribution in [1.29, 1.82) is 0 Å². The molecule has 13 nitrogen and oxygen atoms in total. The molecule has 0 radical (unpaired) electrons. The number of rotatable bonds is 10. The highest BCUT2D eigenvalue weighted by Crippen LogP contribution is 2.17. The summed E-state index contributed by atoms with van der Waals surface area (Å²) in [6.07, 6.45) is -0.457. The van der Waals surface area contributed by atoms with Crippen LogP contribution in [0.25, 0.3) is 0 Å². The van der Waals surface area contributed by atoms with Crippen molar-refractivity contribution in [3.63, 3.8) is 0 Å². The van der Waals surface area contributed by atoms with Crippen LogP contribution in [-0.4, -0.2) is 81.9 Å². The Balaban J connectivity index is 2.65. The number of nitrogens with one attached hydrogen (secondary N) is 2. The number of aliphatic carboxylic acids is 2. The molecule has 0 bridgehead atoms. The maximum atomic E-state index is 12.3. The SMILES string of the molecule is NC(=O)CC(NC(=O)C1CCCN1C(=O)CNC(=O)C(N)CC(=O)O)C(=O)O. The Labute approximate surface area is 159 Å². The van der Waals surface area contributed by atoms with E-state index in [1.54, 1.807) is 0 Å². The first-order chi connectivity index (χ1) is 13.0. The number of carbonyl (C=O) groups excluding carboxylic acids is 4. The molecule has 13 heteroatoms. The molecule has 3 atom stereocenters. The number of amides is 4. The van der Waals surface area contributed by atoms with Crippen molar-refractivity contribution >= 4 is 35.6 Å². The van der Waals surface area contributed by atoms with Gasteiger partial charge in [0, 0.05) is 6.54 Å². The molecule has 1 heterocycles. The number of primary amides is 1. The van der Waals surface area contributed by atoms with Crippen LogP contribution in [0.5, 0.6) is 0 Å². The summed E-state index contributed by atoms with van der Waals surface area (Å²) in [5.41, 5.74) is 10.3. The highest BCUT2D eigenvalue weighted by Gasteiger charge is 2.36. The van der Waals surface area contributed by atoms with Crippen LogP contribution < -0.4 is 22.1 Å². The number of carboxylic acids is 2. The van der Waals surface area contributed by atoms with Crippen LogP contribution in [0, 0.1) is 0 Å². The molecule has 0 aromatic carbocycles. The van der Waals surface area contributed by atoms with Gasteiger partial charge in [-0.2, -0.15) is 0 Å². The van der Waals surface area contributed by atoms with Crippen molar-refractivity contribution in [3.8, 4) is 0 Å². The second kappa shape index (κ2) is 10.2. The topological polar surface area (TPSA) is 222 Å². The third kappa shape index (κ3) is 6.83. The molecule has 3 unspecified atom stereocenters. The van der Waals surface area contributed by atoms with E-state index in [1.807, 2.05) is 0 Å². The fourth-order valence-corrected chi connectivity index (χ4v) is 2.68. The molecule has 28 heavy (non-hydrogen) atoms. The van der Waals surface area contributed by atoms with Gasteiger partial charge in [0.2, 0.25) is 23.6 Å². The molecule has 1 aliphatic heterocycles. The molecule has 1 saturated heterocycles. The van der Waals surface area contributed by atoms with E-state index in [0.717, 1.165) is 0 Å². The smallest absolute Gasteiger partial charge is 0.326 e. The number of nitrogens with zero attached hydrogens (tertiary/aromatic N) is 1. The van der Waals surface area contributed by atoms with Gasteiger partial charge in [0.25, 0.3) is 0 Å². The molecule has 4 amide bonds. The Kier molecular flexibility index (Phi) is 8.31. The van der Waals surface area contributed by atoms with Gasteiger partial charge in [-0.15, -0.1) is 0 Å². The van der Waals surface area contributed by atoms with E-state index < -0.39 is 73.1 Å². The first-order valence-electron chi connectivity index (χ1n) is 8.39. The van der Waals surface area contributed by atoms with E-state index in [1.165, 1.54) is 4.90 Å². The van der Waals surface area contributed by atoms with Crippen LogP contribution in [0.15, 0.2) is 0 Å². The highest BCUT2D eigenvalue weighted by molar-refractivity contribution is 5.94. The maximum absolute atomic E-state index is 12.3. The molecular weight excluding hydrogens is 378 g/mol. The largest absolute Gasteiger partial charge is 0.481 e. The van der Waals surface area contributed by atoms with Crippen LogP contribution in [0.3, 0.4) is 0 Å².